The molecule has 0 aromatic rings. The maximum Gasteiger partial charge on any atom is 0.0446 e. The van der Waals surface area contributed by atoms with Gasteiger partial charge in [-0.1, -0.05) is 6.92 Å². The monoisotopic (exact) mass is 214 g/mol. The van der Waals surface area contributed by atoms with E-state index in [1.165, 1.54) is 25.9 Å². The van der Waals surface area contributed by atoms with Crippen LogP contribution in [0.5, 0.6) is 0 Å². The smallest absolute Gasteiger partial charge is 0.0446 e. The lowest BCUT2D eigenvalue weighted by molar-refractivity contribution is 0.117. The topological polar surface area (TPSA) is 26.7 Å². The molecule has 2 unspecified atom stereocenters. The van der Waals surface area contributed by atoms with Gasteiger partial charge in [0, 0.05) is 25.2 Å². The molecule has 0 saturated carbocycles. The molecule has 0 bridgehead atoms. The largest absolute Gasteiger partial charge is 0.396 e. The molecule has 90 valence electrons. The molecule has 1 saturated heterocycles. The van der Waals surface area contributed by atoms with E-state index in [1.807, 2.05) is 0 Å². The summed E-state index contributed by atoms with van der Waals surface area (Å²) in [6, 6.07) is 1.20. The van der Waals surface area contributed by atoms with E-state index in [9.17, 15) is 0 Å². The van der Waals surface area contributed by atoms with Crippen LogP contribution in [0.2, 0.25) is 0 Å². The highest BCUT2D eigenvalue weighted by Crippen LogP contribution is 2.17. The van der Waals surface area contributed by atoms with E-state index in [0.717, 1.165) is 13.0 Å². The Hall–Kier alpha value is -0.120. The molecule has 0 aliphatic carbocycles. The molecule has 3 nitrogen and oxygen atoms in total. The Labute approximate surface area is 94.1 Å². The zero-order valence-electron chi connectivity index (χ0n) is 10.4. The van der Waals surface area contributed by atoms with Crippen molar-refractivity contribution in [1.29, 1.82) is 0 Å². The van der Waals surface area contributed by atoms with Crippen LogP contribution in [0.1, 0.15) is 33.1 Å². The van der Waals surface area contributed by atoms with Gasteiger partial charge in [-0.25, -0.2) is 0 Å². The molecule has 1 aliphatic heterocycles. The first-order valence-electron chi connectivity index (χ1n) is 6.24. The number of likely N-dealkylation sites (N-methyl/N-ethyl adjacent to an activating group) is 1. The molecule has 1 N–H and O–H groups in total. The molecular weight excluding hydrogens is 188 g/mol. The molecule has 2 atom stereocenters. The lowest BCUT2D eigenvalue weighted by Crippen LogP contribution is -2.44. The predicted octanol–water partition coefficient (Wildman–Crippen LogP) is 1.17. The van der Waals surface area contributed by atoms with Gasteiger partial charge in [0.2, 0.25) is 0 Å². The Balaban J connectivity index is 2.64. The van der Waals surface area contributed by atoms with E-state index in [-0.39, 0.29) is 0 Å². The van der Waals surface area contributed by atoms with E-state index in [0.29, 0.717) is 18.7 Å². The van der Waals surface area contributed by atoms with Gasteiger partial charge < -0.3 is 10.0 Å². The first-order chi connectivity index (χ1) is 7.19. The number of hydrogen-bond acceptors (Lipinski definition) is 3. The maximum absolute atomic E-state index is 9.12. The first kappa shape index (κ1) is 12.9. The first-order valence-corrected chi connectivity index (χ1v) is 6.24. The van der Waals surface area contributed by atoms with Gasteiger partial charge in [-0.15, -0.1) is 0 Å². The fourth-order valence-electron chi connectivity index (χ4n) is 2.56. The Kier molecular flexibility index (Phi) is 5.58. The van der Waals surface area contributed by atoms with Crippen molar-refractivity contribution in [1.82, 2.24) is 9.80 Å². The highest BCUT2D eigenvalue weighted by atomic mass is 16.3. The Morgan fingerprint density at radius 2 is 2.13 bits per heavy atom. The van der Waals surface area contributed by atoms with Crippen LogP contribution in [-0.4, -0.2) is 60.3 Å². The summed E-state index contributed by atoms with van der Waals surface area (Å²) < 4.78 is 0. The maximum atomic E-state index is 9.12. The molecule has 15 heavy (non-hydrogen) atoms. The average Bonchev–Trinajstić information content (AvgIpc) is 2.33. The Morgan fingerprint density at radius 1 is 1.40 bits per heavy atom. The number of aliphatic hydroxyl groups excluding tert-OH is 1. The number of aliphatic hydroxyl groups is 1. The molecule has 0 aromatic heterocycles. The van der Waals surface area contributed by atoms with Crippen LogP contribution in [0, 0.1) is 0 Å². The molecule has 1 aliphatic rings. The van der Waals surface area contributed by atoms with E-state index >= 15 is 0 Å². The zero-order chi connectivity index (χ0) is 11.3. The minimum atomic E-state index is 0.311. The van der Waals surface area contributed by atoms with E-state index in [2.05, 4.69) is 30.7 Å². The van der Waals surface area contributed by atoms with Gasteiger partial charge in [-0.2, -0.15) is 0 Å². The molecular formula is C12H26N2O. The summed E-state index contributed by atoms with van der Waals surface area (Å²) in [6.45, 7) is 8.32. The van der Waals surface area contributed by atoms with E-state index in [4.69, 9.17) is 5.11 Å². The van der Waals surface area contributed by atoms with Gasteiger partial charge in [0.25, 0.3) is 0 Å². The molecule has 0 amide bonds. The van der Waals surface area contributed by atoms with E-state index < -0.39 is 0 Å². The molecule has 1 rings (SSSR count). The summed E-state index contributed by atoms with van der Waals surface area (Å²) >= 11 is 0. The van der Waals surface area contributed by atoms with Gasteiger partial charge in [0.05, 0.1) is 0 Å². The van der Waals surface area contributed by atoms with Crippen molar-refractivity contribution >= 4 is 0 Å². The SMILES string of the molecule is CCCN1C(C)CCN(C)CC1CCO. The van der Waals surface area contributed by atoms with Crippen LogP contribution >= 0.6 is 0 Å². The molecule has 3 heteroatoms. The van der Waals surface area contributed by atoms with Gasteiger partial charge in [0.1, 0.15) is 0 Å². The zero-order valence-corrected chi connectivity index (χ0v) is 10.4. The summed E-state index contributed by atoms with van der Waals surface area (Å²) in [5, 5.41) is 9.12. The van der Waals surface area contributed by atoms with E-state index in [1.54, 1.807) is 0 Å². The number of nitrogens with zero attached hydrogens (tertiary/aromatic N) is 2. The van der Waals surface area contributed by atoms with Crippen molar-refractivity contribution in [2.75, 3.05) is 33.3 Å². The third-order valence-corrected chi connectivity index (χ3v) is 3.43. The molecule has 1 fully saturated rings. The summed E-state index contributed by atoms with van der Waals surface area (Å²) in [5.41, 5.74) is 0. The highest BCUT2D eigenvalue weighted by Gasteiger charge is 2.26. The number of rotatable bonds is 4. The predicted molar refractivity (Wildman–Crippen MR) is 64.1 cm³/mol. The van der Waals surface area contributed by atoms with Crippen molar-refractivity contribution in [2.24, 2.45) is 0 Å². The minimum Gasteiger partial charge on any atom is -0.396 e. The second-order valence-corrected chi connectivity index (χ2v) is 4.80. The van der Waals surface area contributed by atoms with Crippen LogP contribution in [0.15, 0.2) is 0 Å². The van der Waals surface area contributed by atoms with Crippen molar-refractivity contribution in [3.8, 4) is 0 Å². The third-order valence-electron chi connectivity index (χ3n) is 3.43. The van der Waals surface area contributed by atoms with Crippen LogP contribution in [0.4, 0.5) is 0 Å². The van der Waals surface area contributed by atoms with Gasteiger partial charge in [-0.3, -0.25) is 4.90 Å². The quantitative estimate of drug-likeness (QED) is 0.761. The van der Waals surface area contributed by atoms with Crippen molar-refractivity contribution < 1.29 is 5.11 Å². The second kappa shape index (κ2) is 6.46. The summed E-state index contributed by atoms with van der Waals surface area (Å²) in [7, 11) is 2.19. The van der Waals surface area contributed by atoms with Crippen LogP contribution in [0.25, 0.3) is 0 Å². The highest BCUT2D eigenvalue weighted by molar-refractivity contribution is 4.83. The number of hydrogen-bond donors (Lipinski definition) is 1. The lowest BCUT2D eigenvalue weighted by atomic mass is 10.1. The fourth-order valence-corrected chi connectivity index (χ4v) is 2.56. The Morgan fingerprint density at radius 3 is 2.73 bits per heavy atom. The lowest BCUT2D eigenvalue weighted by Gasteiger charge is -2.34. The van der Waals surface area contributed by atoms with Gasteiger partial charge in [0.15, 0.2) is 0 Å². The van der Waals surface area contributed by atoms with Crippen LogP contribution in [0.3, 0.4) is 0 Å². The summed E-state index contributed by atoms with van der Waals surface area (Å²) in [4.78, 5) is 4.98. The summed E-state index contributed by atoms with van der Waals surface area (Å²) in [6.07, 6.45) is 3.36. The van der Waals surface area contributed by atoms with Crippen LogP contribution in [-0.2, 0) is 0 Å². The van der Waals surface area contributed by atoms with Crippen molar-refractivity contribution in [2.45, 2.75) is 45.2 Å². The molecule has 0 radical (unpaired) electrons. The fraction of sp³-hybridized carbons (Fsp3) is 1.00. The molecule has 0 spiro atoms. The third kappa shape index (κ3) is 3.74. The van der Waals surface area contributed by atoms with Crippen molar-refractivity contribution in [3.63, 3.8) is 0 Å². The average molecular weight is 214 g/mol. The van der Waals surface area contributed by atoms with Gasteiger partial charge >= 0.3 is 0 Å². The Bertz CT molecular complexity index is 175. The van der Waals surface area contributed by atoms with Crippen LogP contribution < -0.4 is 0 Å². The normalized spacial score (nSPS) is 30.4. The summed E-state index contributed by atoms with van der Waals surface area (Å²) in [5.74, 6) is 0. The van der Waals surface area contributed by atoms with Crippen molar-refractivity contribution in [3.05, 3.63) is 0 Å². The standard InChI is InChI=1S/C12H26N2O/c1-4-7-14-11(2)5-8-13(3)10-12(14)6-9-15/h11-12,15H,4-10H2,1-3H3. The molecule has 1 heterocycles. The van der Waals surface area contributed by atoms with Gasteiger partial charge in [-0.05, 0) is 46.3 Å². The molecule has 0 aromatic carbocycles. The minimum absolute atomic E-state index is 0.311. The second-order valence-electron chi connectivity index (χ2n) is 4.80.